The van der Waals surface area contributed by atoms with E-state index < -0.39 is 0 Å². The van der Waals surface area contributed by atoms with Gasteiger partial charge in [-0.25, -0.2) is 0 Å². The minimum absolute atomic E-state index is 0.571. The molecule has 2 heterocycles. The van der Waals surface area contributed by atoms with Crippen LogP contribution in [0.1, 0.15) is 17.0 Å². The van der Waals surface area contributed by atoms with Crippen molar-refractivity contribution in [3.63, 3.8) is 0 Å². The first-order valence-electron chi connectivity index (χ1n) is 6.68. The summed E-state index contributed by atoms with van der Waals surface area (Å²) in [4.78, 5) is 8.68. The number of aryl methyl sites for hydroxylation is 2. The standard InChI is InChI=1S/C17H14N4/c1-11-9-17(14(10-18)12(2)20-11)21-16-7-3-6-15-13(16)5-4-8-19-15/h3-9H,1-2H3,(H,20,21). The van der Waals surface area contributed by atoms with Crippen LogP contribution in [0.3, 0.4) is 0 Å². The van der Waals surface area contributed by atoms with Crippen LogP contribution >= 0.6 is 0 Å². The van der Waals surface area contributed by atoms with E-state index in [2.05, 4.69) is 21.4 Å². The molecule has 0 atom stereocenters. The quantitative estimate of drug-likeness (QED) is 0.770. The van der Waals surface area contributed by atoms with Crippen LogP contribution in [0.2, 0.25) is 0 Å². The lowest BCUT2D eigenvalue weighted by Crippen LogP contribution is -2.00. The van der Waals surface area contributed by atoms with E-state index >= 15 is 0 Å². The molecule has 0 saturated heterocycles. The third-order valence-corrected chi connectivity index (χ3v) is 3.36. The number of anilines is 2. The molecule has 1 aromatic carbocycles. The first-order valence-corrected chi connectivity index (χ1v) is 6.68. The van der Waals surface area contributed by atoms with Crippen molar-refractivity contribution >= 4 is 22.3 Å². The Labute approximate surface area is 123 Å². The van der Waals surface area contributed by atoms with Crippen molar-refractivity contribution in [1.82, 2.24) is 9.97 Å². The summed E-state index contributed by atoms with van der Waals surface area (Å²) in [7, 11) is 0. The highest BCUT2D eigenvalue weighted by Gasteiger charge is 2.09. The van der Waals surface area contributed by atoms with Crippen molar-refractivity contribution in [2.45, 2.75) is 13.8 Å². The molecule has 2 aromatic heterocycles. The van der Waals surface area contributed by atoms with Crippen LogP contribution in [0.5, 0.6) is 0 Å². The molecule has 0 spiro atoms. The molecule has 0 aliphatic heterocycles. The molecular formula is C17H14N4. The van der Waals surface area contributed by atoms with Gasteiger partial charge in [0.15, 0.2) is 0 Å². The van der Waals surface area contributed by atoms with E-state index in [-0.39, 0.29) is 0 Å². The van der Waals surface area contributed by atoms with Gasteiger partial charge >= 0.3 is 0 Å². The molecule has 4 nitrogen and oxygen atoms in total. The molecule has 0 radical (unpaired) electrons. The third-order valence-electron chi connectivity index (χ3n) is 3.36. The van der Waals surface area contributed by atoms with Crippen LogP contribution in [0.25, 0.3) is 10.9 Å². The number of pyridine rings is 2. The lowest BCUT2D eigenvalue weighted by atomic mass is 10.1. The Balaban J connectivity index is 2.14. The van der Waals surface area contributed by atoms with Gasteiger partial charge in [0.1, 0.15) is 6.07 Å². The van der Waals surface area contributed by atoms with Gasteiger partial charge in [0.25, 0.3) is 0 Å². The maximum atomic E-state index is 9.34. The second kappa shape index (κ2) is 5.22. The van der Waals surface area contributed by atoms with Crippen LogP contribution < -0.4 is 5.32 Å². The summed E-state index contributed by atoms with van der Waals surface area (Å²) in [6.45, 7) is 3.77. The van der Waals surface area contributed by atoms with Crippen LogP contribution in [-0.2, 0) is 0 Å². The first kappa shape index (κ1) is 13.1. The number of benzene rings is 1. The van der Waals surface area contributed by atoms with Gasteiger partial charge in [0.2, 0.25) is 0 Å². The Morgan fingerprint density at radius 3 is 2.76 bits per heavy atom. The highest BCUT2D eigenvalue weighted by Crippen LogP contribution is 2.28. The molecule has 0 fully saturated rings. The second-order valence-electron chi connectivity index (χ2n) is 4.88. The number of hydrogen-bond acceptors (Lipinski definition) is 4. The van der Waals surface area contributed by atoms with Crippen LogP contribution in [-0.4, -0.2) is 9.97 Å². The van der Waals surface area contributed by atoms with Gasteiger partial charge in [-0.2, -0.15) is 5.26 Å². The van der Waals surface area contributed by atoms with Gasteiger partial charge in [0.05, 0.1) is 22.5 Å². The van der Waals surface area contributed by atoms with E-state index in [4.69, 9.17) is 0 Å². The van der Waals surface area contributed by atoms with Crippen molar-refractivity contribution < 1.29 is 0 Å². The third kappa shape index (κ3) is 2.41. The zero-order valence-electron chi connectivity index (χ0n) is 11.9. The number of nitrogens with zero attached hydrogens (tertiary/aromatic N) is 3. The topological polar surface area (TPSA) is 61.6 Å². The van der Waals surface area contributed by atoms with Crippen molar-refractivity contribution in [1.29, 1.82) is 5.26 Å². The van der Waals surface area contributed by atoms with Gasteiger partial charge in [-0.05, 0) is 44.2 Å². The lowest BCUT2D eigenvalue weighted by molar-refractivity contribution is 1.11. The predicted molar refractivity (Wildman–Crippen MR) is 83.5 cm³/mol. The number of nitrogens with one attached hydrogen (secondary N) is 1. The highest BCUT2D eigenvalue weighted by molar-refractivity contribution is 5.93. The summed E-state index contributed by atoms with van der Waals surface area (Å²) in [5, 5.41) is 13.7. The van der Waals surface area contributed by atoms with Gasteiger partial charge < -0.3 is 5.32 Å². The van der Waals surface area contributed by atoms with E-state index in [1.165, 1.54) is 0 Å². The summed E-state index contributed by atoms with van der Waals surface area (Å²) < 4.78 is 0. The fraction of sp³-hybridized carbons (Fsp3) is 0.118. The van der Waals surface area contributed by atoms with Crippen LogP contribution in [0.15, 0.2) is 42.6 Å². The second-order valence-corrected chi connectivity index (χ2v) is 4.88. The van der Waals surface area contributed by atoms with Gasteiger partial charge in [-0.3, -0.25) is 9.97 Å². The maximum Gasteiger partial charge on any atom is 0.103 e. The summed E-state index contributed by atoms with van der Waals surface area (Å²) in [5.74, 6) is 0. The van der Waals surface area contributed by atoms with Gasteiger partial charge in [0, 0.05) is 23.0 Å². The Hall–Kier alpha value is -2.93. The van der Waals surface area contributed by atoms with Crippen molar-refractivity contribution in [2.75, 3.05) is 5.32 Å². The van der Waals surface area contributed by atoms with E-state index in [1.807, 2.05) is 50.2 Å². The van der Waals surface area contributed by atoms with Crippen molar-refractivity contribution in [3.05, 3.63) is 59.5 Å². The first-order chi connectivity index (χ1) is 10.2. The zero-order valence-corrected chi connectivity index (χ0v) is 11.9. The summed E-state index contributed by atoms with van der Waals surface area (Å²) in [6.07, 6.45) is 1.77. The number of hydrogen-bond donors (Lipinski definition) is 1. The smallest absolute Gasteiger partial charge is 0.103 e. The van der Waals surface area contributed by atoms with E-state index in [1.54, 1.807) is 6.20 Å². The average molecular weight is 274 g/mol. The summed E-state index contributed by atoms with van der Waals surface area (Å²) in [5.41, 5.74) is 4.82. The Bertz CT molecular complexity index is 857. The molecule has 3 rings (SSSR count). The van der Waals surface area contributed by atoms with Crippen molar-refractivity contribution in [3.8, 4) is 6.07 Å². The monoisotopic (exact) mass is 274 g/mol. The van der Waals surface area contributed by atoms with Crippen molar-refractivity contribution in [2.24, 2.45) is 0 Å². The SMILES string of the molecule is Cc1cc(Nc2cccc3ncccc23)c(C#N)c(C)n1. The number of nitriles is 1. The molecule has 0 amide bonds. The van der Waals surface area contributed by atoms with Gasteiger partial charge in [-0.1, -0.05) is 6.07 Å². The molecule has 1 N–H and O–H groups in total. The van der Waals surface area contributed by atoms with Crippen LogP contribution in [0.4, 0.5) is 11.4 Å². The fourth-order valence-corrected chi connectivity index (χ4v) is 2.43. The minimum Gasteiger partial charge on any atom is -0.354 e. The Kier molecular flexibility index (Phi) is 3.25. The molecule has 4 heteroatoms. The summed E-state index contributed by atoms with van der Waals surface area (Å²) >= 11 is 0. The molecule has 0 aliphatic carbocycles. The molecule has 3 aromatic rings. The number of fused-ring (bicyclic) bond motifs is 1. The summed E-state index contributed by atoms with van der Waals surface area (Å²) in [6, 6.07) is 13.9. The Morgan fingerprint density at radius 1 is 1.10 bits per heavy atom. The van der Waals surface area contributed by atoms with E-state index in [0.29, 0.717) is 5.56 Å². The highest BCUT2D eigenvalue weighted by atomic mass is 14.9. The van der Waals surface area contributed by atoms with E-state index in [0.717, 1.165) is 33.7 Å². The maximum absolute atomic E-state index is 9.34. The molecular weight excluding hydrogens is 260 g/mol. The normalized spacial score (nSPS) is 10.3. The Morgan fingerprint density at radius 2 is 1.95 bits per heavy atom. The zero-order chi connectivity index (χ0) is 14.8. The average Bonchev–Trinajstić information content (AvgIpc) is 2.47. The fourth-order valence-electron chi connectivity index (χ4n) is 2.43. The van der Waals surface area contributed by atoms with Crippen LogP contribution in [0, 0.1) is 25.2 Å². The number of aromatic nitrogens is 2. The van der Waals surface area contributed by atoms with E-state index in [9.17, 15) is 5.26 Å². The predicted octanol–water partition coefficient (Wildman–Crippen LogP) is 3.86. The molecule has 21 heavy (non-hydrogen) atoms. The molecule has 0 unspecified atom stereocenters. The largest absolute Gasteiger partial charge is 0.354 e. The molecule has 0 aliphatic rings. The molecule has 0 saturated carbocycles. The number of rotatable bonds is 2. The lowest BCUT2D eigenvalue weighted by Gasteiger charge is -2.12. The minimum atomic E-state index is 0.571. The molecule has 102 valence electrons. The van der Waals surface area contributed by atoms with Gasteiger partial charge in [-0.15, -0.1) is 0 Å². The molecule has 0 bridgehead atoms.